The summed E-state index contributed by atoms with van der Waals surface area (Å²) in [6.07, 6.45) is 2.56. The number of hydrogen-bond acceptors (Lipinski definition) is 2. The minimum absolute atomic E-state index is 0.257. The molecule has 0 aliphatic heterocycles. The van der Waals surface area contributed by atoms with E-state index in [1.165, 1.54) is 5.56 Å². The van der Waals surface area contributed by atoms with Crippen molar-refractivity contribution in [1.29, 1.82) is 0 Å². The second kappa shape index (κ2) is 6.22. The van der Waals surface area contributed by atoms with Crippen LogP contribution < -0.4 is 0 Å². The zero-order valence-electron chi connectivity index (χ0n) is 9.88. The predicted octanol–water partition coefficient (Wildman–Crippen LogP) is 3.71. The molecule has 0 atom stereocenters. The Morgan fingerprint density at radius 1 is 1.06 bits per heavy atom. The monoisotopic (exact) mass is 259 g/mol. The summed E-state index contributed by atoms with van der Waals surface area (Å²) in [5.41, 5.74) is 1.95. The summed E-state index contributed by atoms with van der Waals surface area (Å²) in [7, 11) is 0. The number of benzene rings is 2. The SMILES string of the molecule is Oc1ccccc1C=NCCc1ccc(Cl)cc1. The molecule has 0 aliphatic carbocycles. The van der Waals surface area contributed by atoms with Gasteiger partial charge in [0.25, 0.3) is 0 Å². The van der Waals surface area contributed by atoms with Crippen LogP contribution in [0.25, 0.3) is 0 Å². The number of phenols is 1. The molecule has 2 aromatic carbocycles. The third-order valence-electron chi connectivity index (χ3n) is 2.61. The highest BCUT2D eigenvalue weighted by atomic mass is 35.5. The molecule has 18 heavy (non-hydrogen) atoms. The van der Waals surface area contributed by atoms with Crippen molar-refractivity contribution >= 4 is 17.8 Å². The second-order valence-electron chi connectivity index (χ2n) is 3.97. The van der Waals surface area contributed by atoms with Crippen LogP contribution in [0, 0.1) is 0 Å². The average Bonchev–Trinajstić information content (AvgIpc) is 2.39. The first-order valence-electron chi connectivity index (χ1n) is 5.78. The molecule has 1 N–H and O–H groups in total. The van der Waals surface area contributed by atoms with Crippen molar-refractivity contribution in [2.45, 2.75) is 6.42 Å². The molecule has 0 amide bonds. The van der Waals surface area contributed by atoms with Crippen LogP contribution in [0.1, 0.15) is 11.1 Å². The zero-order valence-corrected chi connectivity index (χ0v) is 10.6. The van der Waals surface area contributed by atoms with Crippen LogP contribution in [0.15, 0.2) is 53.5 Å². The van der Waals surface area contributed by atoms with Crippen LogP contribution in [-0.2, 0) is 6.42 Å². The van der Waals surface area contributed by atoms with E-state index < -0.39 is 0 Å². The summed E-state index contributed by atoms with van der Waals surface area (Å²) in [6, 6.07) is 14.9. The zero-order chi connectivity index (χ0) is 12.8. The fourth-order valence-corrected chi connectivity index (χ4v) is 1.73. The highest BCUT2D eigenvalue weighted by Gasteiger charge is 1.95. The summed E-state index contributed by atoms with van der Waals surface area (Å²) in [5, 5.41) is 10.3. The van der Waals surface area contributed by atoms with Crippen molar-refractivity contribution in [3.63, 3.8) is 0 Å². The van der Waals surface area contributed by atoms with Crippen molar-refractivity contribution in [2.24, 2.45) is 4.99 Å². The fraction of sp³-hybridized carbons (Fsp3) is 0.133. The molecule has 0 saturated carbocycles. The lowest BCUT2D eigenvalue weighted by atomic mass is 10.1. The highest BCUT2D eigenvalue weighted by molar-refractivity contribution is 6.30. The summed E-state index contributed by atoms with van der Waals surface area (Å²) in [4.78, 5) is 4.30. The number of nitrogens with zero attached hydrogens (tertiary/aromatic N) is 1. The molecule has 0 unspecified atom stereocenters. The van der Waals surface area contributed by atoms with Crippen LogP contribution in [0.5, 0.6) is 5.75 Å². The van der Waals surface area contributed by atoms with Crippen LogP contribution in [0.2, 0.25) is 5.02 Å². The smallest absolute Gasteiger partial charge is 0.124 e. The number of aromatic hydroxyl groups is 1. The Balaban J connectivity index is 1.89. The Bertz CT molecular complexity index is 534. The van der Waals surface area contributed by atoms with E-state index in [4.69, 9.17) is 11.6 Å². The first kappa shape index (κ1) is 12.7. The van der Waals surface area contributed by atoms with E-state index in [1.54, 1.807) is 18.3 Å². The Morgan fingerprint density at radius 2 is 1.78 bits per heavy atom. The largest absolute Gasteiger partial charge is 0.507 e. The Morgan fingerprint density at radius 3 is 2.50 bits per heavy atom. The molecule has 0 fully saturated rings. The van der Waals surface area contributed by atoms with Gasteiger partial charge in [0.15, 0.2) is 0 Å². The molecule has 2 rings (SSSR count). The van der Waals surface area contributed by atoms with Gasteiger partial charge in [-0.3, -0.25) is 4.99 Å². The van der Waals surface area contributed by atoms with E-state index >= 15 is 0 Å². The van der Waals surface area contributed by atoms with Crippen molar-refractivity contribution < 1.29 is 5.11 Å². The maximum absolute atomic E-state index is 9.55. The minimum atomic E-state index is 0.257. The van der Waals surface area contributed by atoms with E-state index in [0.29, 0.717) is 6.54 Å². The molecule has 0 aliphatic rings. The molecule has 92 valence electrons. The van der Waals surface area contributed by atoms with Crippen molar-refractivity contribution in [3.05, 3.63) is 64.7 Å². The number of hydrogen-bond donors (Lipinski definition) is 1. The second-order valence-corrected chi connectivity index (χ2v) is 4.41. The lowest BCUT2D eigenvalue weighted by Gasteiger charge is -1.99. The standard InChI is InChI=1S/C15H14ClNO/c16-14-7-5-12(6-8-14)9-10-17-11-13-3-1-2-4-15(13)18/h1-8,11,18H,9-10H2. The van der Waals surface area contributed by atoms with Crippen LogP contribution in [-0.4, -0.2) is 17.9 Å². The van der Waals surface area contributed by atoms with E-state index in [2.05, 4.69) is 4.99 Å². The molecule has 0 bridgehead atoms. The first-order chi connectivity index (χ1) is 8.75. The molecule has 0 radical (unpaired) electrons. The number of phenolic OH excluding ortho intramolecular Hbond substituents is 1. The highest BCUT2D eigenvalue weighted by Crippen LogP contribution is 2.13. The van der Waals surface area contributed by atoms with Gasteiger partial charge in [0.2, 0.25) is 0 Å². The van der Waals surface area contributed by atoms with Crippen LogP contribution >= 0.6 is 11.6 Å². The summed E-state index contributed by atoms with van der Waals surface area (Å²) in [6.45, 7) is 0.690. The third kappa shape index (κ3) is 3.60. The number of rotatable bonds is 4. The van der Waals surface area contributed by atoms with Gasteiger partial charge in [-0.1, -0.05) is 35.9 Å². The molecule has 0 aromatic heterocycles. The Kier molecular flexibility index (Phi) is 4.37. The van der Waals surface area contributed by atoms with Gasteiger partial charge < -0.3 is 5.11 Å². The van der Waals surface area contributed by atoms with E-state index in [1.807, 2.05) is 36.4 Å². The van der Waals surface area contributed by atoms with Gasteiger partial charge in [-0.2, -0.15) is 0 Å². The Labute approximate surface area is 112 Å². The van der Waals surface area contributed by atoms with Gasteiger partial charge in [-0.25, -0.2) is 0 Å². The number of halogens is 1. The molecule has 2 aromatic rings. The quantitative estimate of drug-likeness (QED) is 0.835. The predicted molar refractivity (Wildman–Crippen MR) is 75.7 cm³/mol. The van der Waals surface area contributed by atoms with Gasteiger partial charge in [0, 0.05) is 23.3 Å². The van der Waals surface area contributed by atoms with Crippen LogP contribution in [0.3, 0.4) is 0 Å². The summed E-state index contributed by atoms with van der Waals surface area (Å²) >= 11 is 5.81. The number of para-hydroxylation sites is 1. The van der Waals surface area contributed by atoms with Crippen molar-refractivity contribution in [3.8, 4) is 5.75 Å². The maximum Gasteiger partial charge on any atom is 0.124 e. The van der Waals surface area contributed by atoms with Gasteiger partial charge in [0.1, 0.15) is 5.75 Å². The normalized spacial score (nSPS) is 10.9. The van der Waals surface area contributed by atoms with Gasteiger partial charge in [-0.15, -0.1) is 0 Å². The fourth-order valence-electron chi connectivity index (χ4n) is 1.60. The van der Waals surface area contributed by atoms with Gasteiger partial charge in [0.05, 0.1) is 0 Å². The van der Waals surface area contributed by atoms with Crippen LogP contribution in [0.4, 0.5) is 0 Å². The molecule has 3 heteroatoms. The Hall–Kier alpha value is -1.80. The molecule has 2 nitrogen and oxygen atoms in total. The summed E-state index contributed by atoms with van der Waals surface area (Å²) in [5.74, 6) is 0.257. The third-order valence-corrected chi connectivity index (χ3v) is 2.86. The van der Waals surface area contributed by atoms with Crippen molar-refractivity contribution in [1.82, 2.24) is 0 Å². The summed E-state index contributed by atoms with van der Waals surface area (Å²) < 4.78 is 0. The molecule has 0 saturated heterocycles. The van der Waals surface area contributed by atoms with E-state index in [0.717, 1.165) is 17.0 Å². The molecule has 0 spiro atoms. The average molecular weight is 260 g/mol. The van der Waals surface area contributed by atoms with Gasteiger partial charge >= 0.3 is 0 Å². The molecular formula is C15H14ClNO. The topological polar surface area (TPSA) is 32.6 Å². The maximum atomic E-state index is 9.55. The van der Waals surface area contributed by atoms with Gasteiger partial charge in [-0.05, 0) is 36.2 Å². The number of aliphatic imine (C=N–C) groups is 1. The van der Waals surface area contributed by atoms with E-state index in [-0.39, 0.29) is 5.75 Å². The minimum Gasteiger partial charge on any atom is -0.507 e. The lowest BCUT2D eigenvalue weighted by molar-refractivity contribution is 0.474. The van der Waals surface area contributed by atoms with E-state index in [9.17, 15) is 5.11 Å². The lowest BCUT2D eigenvalue weighted by Crippen LogP contribution is -1.90. The first-order valence-corrected chi connectivity index (χ1v) is 6.16. The van der Waals surface area contributed by atoms with Crippen molar-refractivity contribution in [2.75, 3.05) is 6.54 Å². The molecular weight excluding hydrogens is 246 g/mol. The molecule has 0 heterocycles.